The Kier molecular flexibility index (Phi) is 3.53. The summed E-state index contributed by atoms with van der Waals surface area (Å²) in [5.41, 5.74) is 0.854. The van der Waals surface area contributed by atoms with Crippen LogP contribution >= 0.6 is 0 Å². The van der Waals surface area contributed by atoms with Crippen LogP contribution in [0.4, 0.5) is 5.69 Å². The maximum atomic E-state index is 12.8. The third-order valence-electron chi connectivity index (χ3n) is 5.76. The lowest BCUT2D eigenvalue weighted by Crippen LogP contribution is -2.32. The van der Waals surface area contributed by atoms with Crippen molar-refractivity contribution in [3.05, 3.63) is 66.1 Å². The minimum Gasteiger partial charge on any atom is -0.466 e. The average Bonchev–Trinajstić information content (AvgIpc) is 3.45. The molecule has 6 heteroatoms. The van der Waals surface area contributed by atoms with Gasteiger partial charge in [0.05, 0.1) is 29.3 Å². The van der Waals surface area contributed by atoms with E-state index in [-0.39, 0.29) is 42.1 Å². The molecule has 6 nitrogen and oxygen atoms in total. The summed E-state index contributed by atoms with van der Waals surface area (Å²) in [4.78, 5) is 39.0. The van der Waals surface area contributed by atoms with Gasteiger partial charge in [-0.1, -0.05) is 12.2 Å². The maximum absolute atomic E-state index is 12.8. The molecule has 1 aliphatic heterocycles. The van der Waals surface area contributed by atoms with Crippen LogP contribution in [0.3, 0.4) is 0 Å². The van der Waals surface area contributed by atoms with E-state index in [4.69, 9.17) is 9.15 Å². The second-order valence-corrected chi connectivity index (χ2v) is 7.21. The average molecular weight is 363 g/mol. The van der Waals surface area contributed by atoms with Gasteiger partial charge in [-0.2, -0.15) is 0 Å². The molecule has 2 fully saturated rings. The highest BCUT2D eigenvalue weighted by Crippen LogP contribution is 2.53. The number of rotatable bonds is 4. The maximum Gasteiger partial charge on any atom is 0.338 e. The number of allylic oxidation sites excluding steroid dienone is 2. The summed E-state index contributed by atoms with van der Waals surface area (Å²) >= 11 is 0. The van der Waals surface area contributed by atoms with Crippen LogP contribution in [0, 0.1) is 23.7 Å². The van der Waals surface area contributed by atoms with Crippen molar-refractivity contribution in [3.63, 3.8) is 0 Å². The number of carbonyl (C=O) groups excluding carboxylic acids is 3. The van der Waals surface area contributed by atoms with Gasteiger partial charge in [0.1, 0.15) is 12.4 Å². The molecule has 3 aliphatic rings. The first-order valence-electron chi connectivity index (χ1n) is 8.99. The van der Waals surface area contributed by atoms with Crippen LogP contribution in [0.1, 0.15) is 22.5 Å². The first-order valence-corrected chi connectivity index (χ1v) is 8.99. The molecule has 1 aromatic carbocycles. The molecule has 2 heterocycles. The number of carbonyl (C=O) groups is 3. The van der Waals surface area contributed by atoms with Crippen molar-refractivity contribution in [2.75, 3.05) is 4.90 Å². The monoisotopic (exact) mass is 363 g/mol. The van der Waals surface area contributed by atoms with Crippen LogP contribution in [-0.4, -0.2) is 17.8 Å². The summed E-state index contributed by atoms with van der Waals surface area (Å²) in [5.74, 6) is -0.297. The quantitative estimate of drug-likeness (QED) is 0.474. The lowest BCUT2D eigenvalue weighted by atomic mass is 9.85. The van der Waals surface area contributed by atoms with E-state index in [1.54, 1.807) is 36.4 Å². The molecule has 1 saturated heterocycles. The van der Waals surface area contributed by atoms with Crippen LogP contribution in [0.25, 0.3) is 0 Å². The number of nitrogens with zero attached hydrogens (tertiary/aromatic N) is 1. The molecule has 1 saturated carbocycles. The van der Waals surface area contributed by atoms with Crippen molar-refractivity contribution in [2.45, 2.75) is 13.0 Å². The van der Waals surface area contributed by atoms with Gasteiger partial charge in [0.15, 0.2) is 0 Å². The second kappa shape index (κ2) is 5.94. The number of imide groups is 1. The van der Waals surface area contributed by atoms with Gasteiger partial charge >= 0.3 is 5.97 Å². The molecule has 2 aromatic rings. The smallest absolute Gasteiger partial charge is 0.338 e. The van der Waals surface area contributed by atoms with Crippen LogP contribution < -0.4 is 4.90 Å². The van der Waals surface area contributed by atoms with E-state index >= 15 is 0 Å². The Labute approximate surface area is 155 Å². The molecular weight excluding hydrogens is 346 g/mol. The SMILES string of the molecule is O=C(OCc1ccco1)c1ccc(N2C(=O)C3C4C=CC(C4)C3C2=O)cc1. The lowest BCUT2D eigenvalue weighted by Gasteiger charge is -2.17. The Morgan fingerprint density at radius 1 is 1.04 bits per heavy atom. The van der Waals surface area contributed by atoms with Gasteiger partial charge in [-0.05, 0) is 54.7 Å². The number of hydrogen-bond acceptors (Lipinski definition) is 5. The zero-order chi connectivity index (χ0) is 18.5. The topological polar surface area (TPSA) is 76.8 Å². The van der Waals surface area contributed by atoms with Gasteiger partial charge in [-0.15, -0.1) is 0 Å². The fourth-order valence-corrected chi connectivity index (χ4v) is 4.52. The number of ether oxygens (including phenoxy) is 1. The minimum atomic E-state index is -0.490. The van der Waals surface area contributed by atoms with Crippen LogP contribution in [0.15, 0.2) is 59.2 Å². The number of furan rings is 1. The predicted molar refractivity (Wildman–Crippen MR) is 94.5 cm³/mol. The predicted octanol–water partition coefficient (Wildman–Crippen LogP) is 2.95. The van der Waals surface area contributed by atoms with Gasteiger partial charge in [0.2, 0.25) is 11.8 Å². The van der Waals surface area contributed by atoms with Crippen molar-refractivity contribution in [1.29, 1.82) is 0 Å². The van der Waals surface area contributed by atoms with E-state index in [0.717, 1.165) is 6.42 Å². The molecule has 5 rings (SSSR count). The molecule has 2 aliphatic carbocycles. The lowest BCUT2D eigenvalue weighted by molar-refractivity contribution is -0.123. The normalized spacial score (nSPS) is 28.1. The molecule has 136 valence electrons. The largest absolute Gasteiger partial charge is 0.466 e. The van der Waals surface area contributed by atoms with Gasteiger partial charge in [0.25, 0.3) is 0 Å². The Balaban J connectivity index is 1.31. The number of benzene rings is 1. The highest BCUT2D eigenvalue weighted by atomic mass is 16.5. The molecule has 27 heavy (non-hydrogen) atoms. The molecule has 0 N–H and O–H groups in total. The minimum absolute atomic E-state index is 0.0514. The Hall–Kier alpha value is -3.15. The third kappa shape index (κ3) is 2.44. The summed E-state index contributed by atoms with van der Waals surface area (Å²) in [5, 5.41) is 0. The Bertz CT molecular complexity index is 913. The first kappa shape index (κ1) is 16.1. The van der Waals surface area contributed by atoms with E-state index in [9.17, 15) is 14.4 Å². The molecule has 1 aromatic heterocycles. The Morgan fingerprint density at radius 2 is 1.70 bits per heavy atom. The summed E-state index contributed by atoms with van der Waals surface area (Å²) in [7, 11) is 0. The first-order chi connectivity index (χ1) is 13.1. The van der Waals surface area contributed by atoms with Gasteiger partial charge in [0, 0.05) is 0 Å². The molecule has 2 bridgehead atoms. The third-order valence-corrected chi connectivity index (χ3v) is 5.76. The molecule has 4 atom stereocenters. The summed E-state index contributed by atoms with van der Waals surface area (Å²) < 4.78 is 10.3. The molecule has 4 unspecified atom stereocenters. The van der Waals surface area contributed by atoms with E-state index in [0.29, 0.717) is 17.0 Å². The molecule has 0 radical (unpaired) electrons. The molecule has 0 spiro atoms. The van der Waals surface area contributed by atoms with Crippen LogP contribution in [-0.2, 0) is 20.9 Å². The second-order valence-electron chi connectivity index (χ2n) is 7.21. The number of amides is 2. The number of fused-ring (bicyclic) bond motifs is 5. The number of esters is 1. The zero-order valence-corrected chi connectivity index (χ0v) is 14.4. The van der Waals surface area contributed by atoms with Crippen molar-refractivity contribution < 1.29 is 23.5 Å². The van der Waals surface area contributed by atoms with Crippen LogP contribution in [0.5, 0.6) is 0 Å². The standard InChI is InChI=1S/C21H17NO5/c23-19-17-13-3-4-14(10-13)18(17)20(24)22(19)15-7-5-12(6-8-15)21(25)27-11-16-2-1-9-26-16/h1-9,13-14,17-18H,10-11H2. The van der Waals surface area contributed by atoms with Crippen molar-refractivity contribution in [3.8, 4) is 0 Å². The number of anilines is 1. The van der Waals surface area contributed by atoms with E-state index in [1.165, 1.54) is 11.2 Å². The zero-order valence-electron chi connectivity index (χ0n) is 14.4. The van der Waals surface area contributed by atoms with Crippen LogP contribution in [0.2, 0.25) is 0 Å². The van der Waals surface area contributed by atoms with E-state index in [2.05, 4.69) is 12.2 Å². The Morgan fingerprint density at radius 3 is 2.30 bits per heavy atom. The highest BCUT2D eigenvalue weighted by Gasteiger charge is 2.59. The fraction of sp³-hybridized carbons (Fsp3) is 0.286. The van der Waals surface area contributed by atoms with E-state index < -0.39 is 5.97 Å². The summed E-state index contributed by atoms with van der Waals surface area (Å²) in [6.45, 7) is 0.0514. The highest BCUT2D eigenvalue weighted by molar-refractivity contribution is 6.22. The van der Waals surface area contributed by atoms with Gasteiger partial charge < -0.3 is 9.15 Å². The van der Waals surface area contributed by atoms with E-state index in [1.807, 2.05) is 0 Å². The summed E-state index contributed by atoms with van der Waals surface area (Å²) in [6.07, 6.45) is 6.55. The summed E-state index contributed by atoms with van der Waals surface area (Å²) in [6, 6.07) is 9.83. The van der Waals surface area contributed by atoms with Crippen molar-refractivity contribution >= 4 is 23.5 Å². The molecular formula is C21H17NO5. The molecule has 2 amide bonds. The van der Waals surface area contributed by atoms with Crippen molar-refractivity contribution in [2.24, 2.45) is 23.7 Å². The van der Waals surface area contributed by atoms with Crippen molar-refractivity contribution in [1.82, 2.24) is 0 Å². The van der Waals surface area contributed by atoms with Gasteiger partial charge in [-0.25, -0.2) is 4.79 Å². The number of hydrogen-bond donors (Lipinski definition) is 0. The fourth-order valence-electron chi connectivity index (χ4n) is 4.52. The van der Waals surface area contributed by atoms with Gasteiger partial charge in [-0.3, -0.25) is 14.5 Å².